The van der Waals surface area contributed by atoms with E-state index in [9.17, 15) is 9.18 Å². The van der Waals surface area contributed by atoms with Crippen molar-refractivity contribution < 1.29 is 23.0 Å². The van der Waals surface area contributed by atoms with E-state index in [1.807, 2.05) is 34.6 Å². The van der Waals surface area contributed by atoms with Crippen molar-refractivity contribution in [3.05, 3.63) is 77.5 Å². The summed E-state index contributed by atoms with van der Waals surface area (Å²) in [6, 6.07) is 11.9. The Hall–Kier alpha value is -5.41. The molecule has 2 aromatic carbocycles. The molecule has 0 aliphatic carbocycles. The van der Waals surface area contributed by atoms with Crippen LogP contribution in [0.2, 0.25) is 5.28 Å². The lowest BCUT2D eigenvalue weighted by Gasteiger charge is -2.31. The second-order valence-electron chi connectivity index (χ2n) is 12.7. The Morgan fingerprint density at radius 3 is 2.63 bits per heavy atom. The average molecular weight is 715 g/mol. The SMILES string of the molecule is COc1ccc(-n2ncc3c(N4CC5C[C@H]4C(=O)N(C)C[C@H](OC)Cn4c(C)nc6cc(F)cc(c64)-c4cccc(n4)N5)nc(Cl)nc32)c(F)c1. The highest BCUT2D eigenvalue weighted by Crippen LogP contribution is 2.36. The van der Waals surface area contributed by atoms with Gasteiger partial charge in [0.05, 0.1) is 48.1 Å². The standard InChI is InChI=1S/C35H33ClF2N10O3/c1-18-40-27-11-19(37)10-23-26-6-5-7-30(42-26)41-20-12-29(34(49)45(2)16-22(51-4)17-46(18)31(23)27)47(15-20)32-24-14-39-48(33(24)44-35(36)43-32)28-9-8-21(50-3)13-25(28)38/h5-11,13-14,20,22,29H,12,15-17H2,1-4H3,(H,41,42)/t20?,22-,29-/m0/s1. The predicted molar refractivity (Wildman–Crippen MR) is 187 cm³/mol. The zero-order valence-corrected chi connectivity index (χ0v) is 28.9. The molecule has 2 aliphatic heterocycles. The molecule has 8 rings (SSSR count). The van der Waals surface area contributed by atoms with E-state index < -0.39 is 23.8 Å². The number of carbonyl (C=O) groups excluding carboxylic acids is 1. The molecule has 16 heteroatoms. The number of nitrogens with zero attached hydrogens (tertiary/aromatic N) is 9. The number of hydrogen-bond acceptors (Lipinski definition) is 10. The minimum absolute atomic E-state index is 0.0898. The molecular formula is C35H33ClF2N10O3. The van der Waals surface area contributed by atoms with E-state index in [1.54, 1.807) is 37.4 Å². The van der Waals surface area contributed by atoms with Crippen molar-refractivity contribution in [2.45, 2.75) is 38.1 Å². The van der Waals surface area contributed by atoms with Gasteiger partial charge in [0.1, 0.15) is 40.8 Å². The van der Waals surface area contributed by atoms with Crippen molar-refractivity contribution in [3.63, 3.8) is 0 Å². The molecule has 1 fully saturated rings. The largest absolute Gasteiger partial charge is 0.497 e. The molecule has 0 spiro atoms. The third kappa shape index (κ3) is 5.75. The summed E-state index contributed by atoms with van der Waals surface area (Å²) in [5.41, 5.74) is 2.82. The van der Waals surface area contributed by atoms with Gasteiger partial charge in [0.2, 0.25) is 11.2 Å². The smallest absolute Gasteiger partial charge is 0.245 e. The summed E-state index contributed by atoms with van der Waals surface area (Å²) in [6.07, 6.45) is 1.50. The first-order valence-electron chi connectivity index (χ1n) is 16.3. The van der Waals surface area contributed by atoms with Crippen LogP contribution in [-0.2, 0) is 16.1 Å². The molecule has 6 aromatic rings. The van der Waals surface area contributed by atoms with Gasteiger partial charge in [-0.2, -0.15) is 15.1 Å². The summed E-state index contributed by atoms with van der Waals surface area (Å²) in [7, 11) is 4.80. The minimum atomic E-state index is -0.679. The summed E-state index contributed by atoms with van der Waals surface area (Å²) in [5.74, 6) is 0.819. The number of pyridine rings is 1. The Morgan fingerprint density at radius 2 is 1.84 bits per heavy atom. The number of likely N-dealkylation sites (N-methyl/N-ethyl adjacent to an activating group) is 1. The van der Waals surface area contributed by atoms with E-state index in [0.717, 1.165) is 5.52 Å². The van der Waals surface area contributed by atoms with Gasteiger partial charge in [-0.15, -0.1) is 0 Å². The van der Waals surface area contributed by atoms with E-state index in [1.165, 1.54) is 30.0 Å². The molecular weight excluding hydrogens is 682 g/mol. The van der Waals surface area contributed by atoms with Gasteiger partial charge >= 0.3 is 0 Å². The number of carbonyl (C=O) groups is 1. The normalized spacial score (nSPS) is 19.4. The highest BCUT2D eigenvalue weighted by molar-refractivity contribution is 6.28. The Balaban J connectivity index is 1.23. The fourth-order valence-electron chi connectivity index (χ4n) is 7.16. The molecule has 262 valence electrons. The van der Waals surface area contributed by atoms with Gasteiger partial charge in [-0.3, -0.25) is 4.79 Å². The fourth-order valence-corrected chi connectivity index (χ4v) is 7.32. The number of fused-ring (bicyclic) bond motifs is 6. The molecule has 6 heterocycles. The molecule has 51 heavy (non-hydrogen) atoms. The average Bonchev–Trinajstić information content (AvgIpc) is 3.81. The molecule has 4 bridgehead atoms. The molecule has 1 saturated heterocycles. The highest BCUT2D eigenvalue weighted by Gasteiger charge is 2.41. The first-order chi connectivity index (χ1) is 24.6. The van der Waals surface area contributed by atoms with Gasteiger partial charge in [-0.25, -0.2) is 23.4 Å². The number of anilines is 2. The number of hydrogen-bond donors (Lipinski definition) is 1. The number of nitrogens with one attached hydrogen (secondary N) is 1. The molecule has 13 nitrogen and oxygen atoms in total. The van der Waals surface area contributed by atoms with Gasteiger partial charge in [0.25, 0.3) is 0 Å². The second-order valence-corrected chi connectivity index (χ2v) is 13.1. The maximum atomic E-state index is 15.2. The number of methoxy groups -OCH3 is 2. The lowest BCUT2D eigenvalue weighted by Crippen LogP contribution is -2.47. The van der Waals surface area contributed by atoms with Gasteiger partial charge in [-0.1, -0.05) is 6.07 Å². The van der Waals surface area contributed by atoms with Crippen LogP contribution in [0.3, 0.4) is 0 Å². The Labute approximate surface area is 295 Å². The van der Waals surface area contributed by atoms with Crippen LogP contribution in [0.15, 0.2) is 54.7 Å². The Bertz CT molecular complexity index is 2330. The van der Waals surface area contributed by atoms with E-state index >= 15 is 4.39 Å². The molecule has 3 atom stereocenters. The summed E-state index contributed by atoms with van der Waals surface area (Å²) >= 11 is 6.52. The first-order valence-corrected chi connectivity index (χ1v) is 16.7. The van der Waals surface area contributed by atoms with E-state index in [2.05, 4.69) is 25.4 Å². The molecule has 0 saturated carbocycles. The number of imidazole rings is 1. The van der Waals surface area contributed by atoms with Crippen LogP contribution in [0.1, 0.15) is 12.2 Å². The van der Waals surface area contributed by atoms with Crippen LogP contribution in [0.4, 0.5) is 20.4 Å². The zero-order valence-electron chi connectivity index (χ0n) is 28.1. The fraction of sp³-hybridized carbons (Fsp3) is 0.314. The van der Waals surface area contributed by atoms with Crippen molar-refractivity contribution in [2.24, 2.45) is 0 Å². The van der Waals surface area contributed by atoms with E-state index in [-0.39, 0.29) is 35.1 Å². The minimum Gasteiger partial charge on any atom is -0.497 e. The van der Waals surface area contributed by atoms with Crippen molar-refractivity contribution >= 4 is 51.2 Å². The molecule has 1 amide bonds. The molecule has 2 aliphatic rings. The summed E-state index contributed by atoms with van der Waals surface area (Å²) < 4.78 is 44.6. The van der Waals surface area contributed by atoms with Gasteiger partial charge < -0.3 is 29.2 Å². The van der Waals surface area contributed by atoms with Crippen molar-refractivity contribution in [2.75, 3.05) is 44.6 Å². The van der Waals surface area contributed by atoms with E-state index in [4.69, 9.17) is 26.1 Å². The van der Waals surface area contributed by atoms with E-state index in [0.29, 0.717) is 64.9 Å². The lowest BCUT2D eigenvalue weighted by atomic mass is 10.1. The summed E-state index contributed by atoms with van der Waals surface area (Å²) in [4.78, 5) is 36.5. The predicted octanol–water partition coefficient (Wildman–Crippen LogP) is 5.02. The third-order valence-electron chi connectivity index (χ3n) is 9.57. The van der Waals surface area contributed by atoms with Crippen LogP contribution in [0.5, 0.6) is 5.75 Å². The number of ether oxygens (including phenoxy) is 2. The number of amides is 1. The van der Waals surface area contributed by atoms with Crippen molar-refractivity contribution in [1.29, 1.82) is 0 Å². The zero-order chi connectivity index (χ0) is 35.6. The number of rotatable bonds is 4. The quantitative estimate of drug-likeness (QED) is 0.249. The number of halogens is 3. The van der Waals surface area contributed by atoms with Crippen LogP contribution in [-0.4, -0.2) is 97.6 Å². The molecule has 0 radical (unpaired) electrons. The Morgan fingerprint density at radius 1 is 1.00 bits per heavy atom. The molecule has 1 N–H and O–H groups in total. The monoisotopic (exact) mass is 714 g/mol. The van der Waals surface area contributed by atoms with Crippen LogP contribution in [0, 0.1) is 18.6 Å². The third-order valence-corrected chi connectivity index (χ3v) is 9.74. The number of aryl methyl sites for hydroxylation is 1. The van der Waals surface area contributed by atoms with Gasteiger partial charge in [0, 0.05) is 51.0 Å². The van der Waals surface area contributed by atoms with Crippen LogP contribution in [0.25, 0.3) is 39.0 Å². The van der Waals surface area contributed by atoms with Gasteiger partial charge in [0.15, 0.2) is 11.5 Å². The summed E-state index contributed by atoms with van der Waals surface area (Å²) in [5, 5.41) is 8.35. The number of benzene rings is 2. The highest BCUT2D eigenvalue weighted by atomic mass is 35.5. The topological polar surface area (TPSA) is 128 Å². The second kappa shape index (κ2) is 12.7. The maximum absolute atomic E-state index is 15.2. The lowest BCUT2D eigenvalue weighted by molar-refractivity contribution is -0.132. The maximum Gasteiger partial charge on any atom is 0.245 e. The van der Waals surface area contributed by atoms with Crippen LogP contribution >= 0.6 is 11.6 Å². The Kier molecular flexibility index (Phi) is 8.18. The number of aromatic nitrogens is 7. The van der Waals surface area contributed by atoms with Crippen LogP contribution < -0.4 is 15.0 Å². The molecule has 1 unspecified atom stereocenters. The van der Waals surface area contributed by atoms with Crippen molar-refractivity contribution in [1.82, 2.24) is 39.2 Å². The van der Waals surface area contributed by atoms with Crippen molar-refractivity contribution in [3.8, 4) is 22.7 Å². The van der Waals surface area contributed by atoms with Gasteiger partial charge in [-0.05, 0) is 55.3 Å². The summed E-state index contributed by atoms with van der Waals surface area (Å²) in [6.45, 7) is 2.81. The first kappa shape index (κ1) is 32.8. The molecule has 4 aromatic heterocycles.